The molecule has 1 aromatic rings. The van der Waals surface area contributed by atoms with Gasteiger partial charge in [-0.25, -0.2) is 0 Å². The zero-order valence-corrected chi connectivity index (χ0v) is 13.6. The van der Waals surface area contributed by atoms with Crippen LogP contribution in [0.5, 0.6) is 0 Å². The van der Waals surface area contributed by atoms with Crippen molar-refractivity contribution in [3.05, 3.63) is 12.3 Å². The molecule has 1 aromatic heterocycles. The number of carbonyl (C=O) groups is 1. The first-order valence-electron chi connectivity index (χ1n) is 8.41. The number of nitrogens with zero attached hydrogens (tertiary/aromatic N) is 3. The van der Waals surface area contributed by atoms with Gasteiger partial charge < -0.3 is 15.0 Å². The fraction of sp³-hybridized carbons (Fsp3) is 0.750. The zero-order valence-electron chi connectivity index (χ0n) is 13.6. The smallest absolute Gasteiger partial charge is 0.225 e. The van der Waals surface area contributed by atoms with Crippen LogP contribution in [0.2, 0.25) is 0 Å². The van der Waals surface area contributed by atoms with E-state index in [2.05, 4.69) is 15.3 Å². The van der Waals surface area contributed by atoms with E-state index in [-0.39, 0.29) is 5.91 Å². The second kappa shape index (κ2) is 9.58. The van der Waals surface area contributed by atoms with Gasteiger partial charge in [0.25, 0.3) is 0 Å². The summed E-state index contributed by atoms with van der Waals surface area (Å²) in [6.07, 6.45) is 6.92. The van der Waals surface area contributed by atoms with Crippen molar-refractivity contribution in [1.29, 1.82) is 0 Å². The maximum atomic E-state index is 11.8. The Bertz CT molecular complexity index is 441. The first kappa shape index (κ1) is 17.0. The number of aryl methyl sites for hydroxylation is 1. The molecule has 0 atom stereocenters. The summed E-state index contributed by atoms with van der Waals surface area (Å²) in [4.78, 5) is 14.3. The van der Waals surface area contributed by atoms with E-state index < -0.39 is 0 Å². The molecule has 1 aliphatic rings. The number of hydrogen-bond acceptors (Lipinski definition) is 4. The summed E-state index contributed by atoms with van der Waals surface area (Å²) in [7, 11) is 0. The third-order valence-electron chi connectivity index (χ3n) is 3.87. The SMILES string of the molecule is CCOCCCC(=O)Nc1ccn(CCCN2CCCC2)n1. The fourth-order valence-corrected chi connectivity index (χ4v) is 2.70. The third-order valence-corrected chi connectivity index (χ3v) is 3.87. The van der Waals surface area contributed by atoms with Gasteiger partial charge in [-0.1, -0.05) is 0 Å². The second-order valence-electron chi connectivity index (χ2n) is 5.72. The van der Waals surface area contributed by atoms with E-state index >= 15 is 0 Å². The molecule has 0 spiro atoms. The van der Waals surface area contributed by atoms with Gasteiger partial charge in [0, 0.05) is 38.4 Å². The molecular formula is C16H28N4O2. The molecule has 1 N–H and O–H groups in total. The molecule has 1 saturated heterocycles. The molecule has 1 amide bonds. The van der Waals surface area contributed by atoms with E-state index in [9.17, 15) is 4.79 Å². The number of amides is 1. The summed E-state index contributed by atoms with van der Waals surface area (Å²) in [5.41, 5.74) is 0. The van der Waals surface area contributed by atoms with Gasteiger partial charge in [0.2, 0.25) is 5.91 Å². The molecule has 0 radical (unpaired) electrons. The van der Waals surface area contributed by atoms with Gasteiger partial charge in [-0.3, -0.25) is 9.48 Å². The molecule has 2 heterocycles. The average Bonchev–Trinajstić information content (AvgIpc) is 3.16. The van der Waals surface area contributed by atoms with Crippen molar-refractivity contribution in [2.45, 2.75) is 45.6 Å². The lowest BCUT2D eigenvalue weighted by Gasteiger charge is -2.13. The monoisotopic (exact) mass is 308 g/mol. The Balaban J connectivity index is 1.61. The number of rotatable bonds is 10. The Morgan fingerprint density at radius 2 is 2.14 bits per heavy atom. The lowest BCUT2D eigenvalue weighted by molar-refractivity contribution is -0.116. The molecular weight excluding hydrogens is 280 g/mol. The van der Waals surface area contributed by atoms with E-state index in [4.69, 9.17) is 4.74 Å². The highest BCUT2D eigenvalue weighted by molar-refractivity contribution is 5.89. The standard InChI is InChI=1S/C16H28N4O2/c1-2-22-14-5-7-16(21)17-15-8-13-20(18-15)12-6-11-19-9-3-4-10-19/h8,13H,2-7,9-12,14H2,1H3,(H,17,18,21). The van der Waals surface area contributed by atoms with Gasteiger partial charge >= 0.3 is 0 Å². The number of anilines is 1. The molecule has 6 nitrogen and oxygen atoms in total. The number of aromatic nitrogens is 2. The second-order valence-corrected chi connectivity index (χ2v) is 5.72. The quantitative estimate of drug-likeness (QED) is 0.673. The molecule has 0 saturated carbocycles. The summed E-state index contributed by atoms with van der Waals surface area (Å²) in [6, 6.07) is 1.86. The van der Waals surface area contributed by atoms with Crippen molar-refractivity contribution in [2.75, 3.05) is 38.2 Å². The summed E-state index contributed by atoms with van der Waals surface area (Å²) >= 11 is 0. The van der Waals surface area contributed by atoms with E-state index in [1.54, 1.807) is 0 Å². The van der Waals surface area contributed by atoms with Crippen molar-refractivity contribution >= 4 is 11.7 Å². The highest BCUT2D eigenvalue weighted by Gasteiger charge is 2.10. The molecule has 124 valence electrons. The summed E-state index contributed by atoms with van der Waals surface area (Å²) in [6.45, 7) is 7.80. The first-order chi connectivity index (χ1) is 10.8. The van der Waals surface area contributed by atoms with Gasteiger partial charge in [0.05, 0.1) is 0 Å². The first-order valence-corrected chi connectivity index (χ1v) is 8.41. The van der Waals surface area contributed by atoms with Crippen molar-refractivity contribution < 1.29 is 9.53 Å². The maximum absolute atomic E-state index is 11.8. The lowest BCUT2D eigenvalue weighted by Crippen LogP contribution is -2.21. The predicted octanol–water partition coefficient (Wildman–Crippen LogP) is 2.12. The van der Waals surface area contributed by atoms with Crippen LogP contribution in [-0.4, -0.2) is 53.4 Å². The fourth-order valence-electron chi connectivity index (χ4n) is 2.70. The Morgan fingerprint density at radius 3 is 2.91 bits per heavy atom. The van der Waals surface area contributed by atoms with Crippen LogP contribution in [0, 0.1) is 0 Å². The van der Waals surface area contributed by atoms with Crippen LogP contribution in [0.3, 0.4) is 0 Å². The average molecular weight is 308 g/mol. The van der Waals surface area contributed by atoms with E-state index in [1.165, 1.54) is 25.9 Å². The third kappa shape index (κ3) is 6.15. The van der Waals surface area contributed by atoms with Gasteiger partial charge in [-0.15, -0.1) is 0 Å². The number of carbonyl (C=O) groups excluding carboxylic acids is 1. The number of ether oxygens (including phenoxy) is 1. The largest absolute Gasteiger partial charge is 0.382 e. The minimum absolute atomic E-state index is 0.00187. The highest BCUT2D eigenvalue weighted by atomic mass is 16.5. The molecule has 0 bridgehead atoms. The van der Waals surface area contributed by atoms with Crippen molar-refractivity contribution in [3.63, 3.8) is 0 Å². The highest BCUT2D eigenvalue weighted by Crippen LogP contribution is 2.09. The number of likely N-dealkylation sites (tertiary alicyclic amines) is 1. The van der Waals surface area contributed by atoms with Crippen LogP contribution in [-0.2, 0) is 16.1 Å². The Morgan fingerprint density at radius 1 is 1.32 bits per heavy atom. The van der Waals surface area contributed by atoms with E-state index in [0.717, 1.165) is 25.9 Å². The minimum atomic E-state index is 0.00187. The molecule has 2 rings (SSSR count). The molecule has 1 aliphatic heterocycles. The van der Waals surface area contributed by atoms with Crippen LogP contribution in [0.15, 0.2) is 12.3 Å². The van der Waals surface area contributed by atoms with Crippen LogP contribution >= 0.6 is 0 Å². The number of hydrogen-bond donors (Lipinski definition) is 1. The molecule has 0 aliphatic carbocycles. The Kier molecular flexibility index (Phi) is 7.39. The lowest BCUT2D eigenvalue weighted by atomic mass is 10.3. The van der Waals surface area contributed by atoms with Gasteiger partial charge in [-0.05, 0) is 52.2 Å². The summed E-state index contributed by atoms with van der Waals surface area (Å²) in [5.74, 6) is 0.643. The van der Waals surface area contributed by atoms with E-state index in [0.29, 0.717) is 25.5 Å². The topological polar surface area (TPSA) is 59.4 Å². The maximum Gasteiger partial charge on any atom is 0.225 e. The van der Waals surface area contributed by atoms with Gasteiger partial charge in [0.1, 0.15) is 0 Å². The zero-order chi connectivity index (χ0) is 15.6. The minimum Gasteiger partial charge on any atom is -0.382 e. The molecule has 0 unspecified atom stereocenters. The van der Waals surface area contributed by atoms with Gasteiger partial charge in [0.15, 0.2) is 5.82 Å². The molecule has 6 heteroatoms. The van der Waals surface area contributed by atoms with Crippen molar-refractivity contribution in [1.82, 2.24) is 14.7 Å². The van der Waals surface area contributed by atoms with E-state index in [1.807, 2.05) is 23.9 Å². The van der Waals surface area contributed by atoms with Crippen molar-refractivity contribution in [3.8, 4) is 0 Å². The number of nitrogens with one attached hydrogen (secondary N) is 1. The normalized spacial score (nSPS) is 15.3. The summed E-state index contributed by atoms with van der Waals surface area (Å²) < 4.78 is 7.13. The Hall–Kier alpha value is -1.40. The van der Waals surface area contributed by atoms with Crippen molar-refractivity contribution in [2.24, 2.45) is 0 Å². The predicted molar refractivity (Wildman–Crippen MR) is 86.9 cm³/mol. The van der Waals surface area contributed by atoms with Crippen LogP contribution in [0.1, 0.15) is 39.0 Å². The van der Waals surface area contributed by atoms with Gasteiger partial charge in [-0.2, -0.15) is 5.10 Å². The Labute approximate surface area is 132 Å². The molecule has 0 aromatic carbocycles. The van der Waals surface area contributed by atoms with Crippen LogP contribution in [0.4, 0.5) is 5.82 Å². The summed E-state index contributed by atoms with van der Waals surface area (Å²) in [5, 5.41) is 7.23. The van der Waals surface area contributed by atoms with Crippen LogP contribution < -0.4 is 5.32 Å². The molecule has 22 heavy (non-hydrogen) atoms. The van der Waals surface area contributed by atoms with Crippen LogP contribution in [0.25, 0.3) is 0 Å². The molecule has 1 fully saturated rings.